The van der Waals surface area contributed by atoms with Gasteiger partial charge in [0, 0.05) is 33.5 Å². The zero-order chi connectivity index (χ0) is 31.6. The second kappa shape index (κ2) is 10.6. The largest absolute Gasteiger partial charge is 0.456 e. The topological polar surface area (TPSA) is 16.4 Å². The van der Waals surface area contributed by atoms with Crippen molar-refractivity contribution in [1.29, 1.82) is 0 Å². The van der Waals surface area contributed by atoms with Crippen LogP contribution in [0.3, 0.4) is 0 Å². The molecule has 0 saturated carbocycles. The molecule has 1 aromatic heterocycles. The molecule has 48 heavy (non-hydrogen) atoms. The van der Waals surface area contributed by atoms with Crippen molar-refractivity contribution >= 4 is 82.1 Å². The Morgan fingerprint density at radius 2 is 0.979 bits per heavy atom. The highest BCUT2D eigenvalue weighted by molar-refractivity contribution is 6.24. The van der Waals surface area contributed by atoms with Gasteiger partial charge in [-0.15, -0.1) is 0 Å². The summed E-state index contributed by atoms with van der Waals surface area (Å²) < 4.78 is 6.62. The van der Waals surface area contributed by atoms with E-state index in [1.165, 1.54) is 48.7 Å². The van der Waals surface area contributed by atoms with Gasteiger partial charge in [-0.1, -0.05) is 140 Å². The van der Waals surface area contributed by atoms with E-state index in [0.717, 1.165) is 44.6 Å². The number of furan rings is 1. The predicted molar refractivity (Wildman–Crippen MR) is 204 cm³/mol. The van der Waals surface area contributed by atoms with Crippen molar-refractivity contribution in [2.45, 2.75) is 0 Å². The summed E-state index contributed by atoms with van der Waals surface area (Å²) in [6.45, 7) is 0. The molecule has 0 aliphatic rings. The van der Waals surface area contributed by atoms with Crippen molar-refractivity contribution in [3.8, 4) is 11.1 Å². The van der Waals surface area contributed by atoms with Crippen LogP contribution in [0.2, 0.25) is 0 Å². The fraction of sp³-hybridized carbons (Fsp3) is 0. The van der Waals surface area contributed by atoms with E-state index in [2.05, 4.69) is 181 Å². The van der Waals surface area contributed by atoms with Crippen LogP contribution in [0.15, 0.2) is 180 Å². The van der Waals surface area contributed by atoms with Gasteiger partial charge in [0.25, 0.3) is 0 Å². The van der Waals surface area contributed by atoms with Crippen LogP contribution in [0, 0.1) is 0 Å². The normalized spacial score (nSPS) is 11.8. The summed E-state index contributed by atoms with van der Waals surface area (Å²) in [5, 5.41) is 12.1. The van der Waals surface area contributed by atoms with Crippen LogP contribution >= 0.6 is 0 Å². The molecule has 224 valence electrons. The first-order valence-corrected chi connectivity index (χ1v) is 16.4. The first-order chi connectivity index (χ1) is 23.8. The van der Waals surface area contributed by atoms with E-state index in [0.29, 0.717) is 0 Å². The molecule has 10 aromatic rings. The molecule has 9 aromatic carbocycles. The highest BCUT2D eigenvalue weighted by Gasteiger charge is 2.22. The van der Waals surface area contributed by atoms with Crippen molar-refractivity contribution in [2.24, 2.45) is 0 Å². The Morgan fingerprint density at radius 1 is 0.354 bits per heavy atom. The van der Waals surface area contributed by atoms with E-state index in [-0.39, 0.29) is 0 Å². The molecule has 0 radical (unpaired) electrons. The van der Waals surface area contributed by atoms with E-state index in [9.17, 15) is 0 Å². The minimum atomic E-state index is 0.872. The summed E-state index contributed by atoms with van der Waals surface area (Å²) in [6.07, 6.45) is 0. The molecular weight excluding hydrogens is 583 g/mol. The van der Waals surface area contributed by atoms with E-state index in [1.54, 1.807) is 0 Å². The van der Waals surface area contributed by atoms with Gasteiger partial charge in [0.1, 0.15) is 11.2 Å². The number of hydrogen-bond donors (Lipinski definition) is 0. The van der Waals surface area contributed by atoms with Crippen LogP contribution in [0.4, 0.5) is 17.1 Å². The van der Waals surface area contributed by atoms with Gasteiger partial charge >= 0.3 is 0 Å². The van der Waals surface area contributed by atoms with Crippen LogP contribution in [-0.4, -0.2) is 0 Å². The molecule has 0 atom stereocenters. The number of hydrogen-bond acceptors (Lipinski definition) is 2. The average Bonchev–Trinajstić information content (AvgIpc) is 3.54. The number of rotatable bonds is 4. The molecule has 0 amide bonds. The maximum absolute atomic E-state index is 6.62. The van der Waals surface area contributed by atoms with E-state index in [4.69, 9.17) is 4.42 Å². The van der Waals surface area contributed by atoms with Crippen molar-refractivity contribution < 1.29 is 4.42 Å². The van der Waals surface area contributed by atoms with Gasteiger partial charge in [-0.25, -0.2) is 0 Å². The zero-order valence-electron chi connectivity index (χ0n) is 26.1. The Bertz CT molecular complexity index is 2850. The van der Waals surface area contributed by atoms with Gasteiger partial charge in [0.05, 0.1) is 11.4 Å². The highest BCUT2D eigenvalue weighted by Crippen LogP contribution is 2.47. The number of anilines is 3. The second-order valence-electron chi connectivity index (χ2n) is 12.5. The summed E-state index contributed by atoms with van der Waals surface area (Å²) >= 11 is 0. The first-order valence-electron chi connectivity index (χ1n) is 16.4. The van der Waals surface area contributed by atoms with Crippen LogP contribution in [-0.2, 0) is 0 Å². The molecule has 0 N–H and O–H groups in total. The monoisotopic (exact) mass is 611 g/mol. The number of benzene rings is 9. The van der Waals surface area contributed by atoms with Gasteiger partial charge in [0.2, 0.25) is 0 Å². The van der Waals surface area contributed by atoms with Gasteiger partial charge in [0.15, 0.2) is 0 Å². The third-order valence-electron chi connectivity index (χ3n) is 9.80. The summed E-state index contributed by atoms with van der Waals surface area (Å²) in [5.41, 5.74) is 7.38. The molecule has 0 spiro atoms. The molecule has 0 bridgehead atoms. The number of fused-ring (bicyclic) bond motifs is 10. The molecule has 1 heterocycles. The molecule has 2 nitrogen and oxygen atoms in total. The van der Waals surface area contributed by atoms with Crippen molar-refractivity contribution in [1.82, 2.24) is 0 Å². The fourth-order valence-electron chi connectivity index (χ4n) is 7.66. The maximum Gasteiger partial charge on any atom is 0.137 e. The maximum atomic E-state index is 6.62. The summed E-state index contributed by atoms with van der Waals surface area (Å²) in [4.78, 5) is 2.42. The summed E-state index contributed by atoms with van der Waals surface area (Å²) in [6, 6.07) is 63.3. The smallest absolute Gasteiger partial charge is 0.137 e. The molecular formula is C46H29NO. The van der Waals surface area contributed by atoms with Gasteiger partial charge in [-0.05, 0) is 73.6 Å². The van der Waals surface area contributed by atoms with Crippen molar-refractivity contribution in [2.75, 3.05) is 4.90 Å². The first kappa shape index (κ1) is 26.8. The lowest BCUT2D eigenvalue weighted by atomic mass is 9.94. The Morgan fingerprint density at radius 3 is 1.79 bits per heavy atom. The third kappa shape index (κ3) is 4.06. The lowest BCUT2D eigenvalue weighted by Crippen LogP contribution is -2.12. The molecule has 0 aliphatic carbocycles. The molecule has 2 heteroatoms. The predicted octanol–water partition coefficient (Wildman–Crippen LogP) is 13.3. The van der Waals surface area contributed by atoms with E-state index >= 15 is 0 Å². The van der Waals surface area contributed by atoms with Gasteiger partial charge in [-0.3, -0.25) is 0 Å². The van der Waals surface area contributed by atoms with Gasteiger partial charge < -0.3 is 9.32 Å². The number of nitrogens with zero attached hydrogens (tertiary/aromatic N) is 1. The SMILES string of the molecule is c1ccc(-c2ccccc2N(c2ccc3c(c2)oc2ccc4ccccc4c23)c2cc3ccc4ccccc4c3c3ccccc23)cc1. The van der Waals surface area contributed by atoms with E-state index in [1.807, 2.05) is 0 Å². The molecule has 0 unspecified atom stereocenters. The van der Waals surface area contributed by atoms with Crippen LogP contribution in [0.25, 0.3) is 76.2 Å². The molecule has 10 rings (SSSR count). The van der Waals surface area contributed by atoms with E-state index < -0.39 is 0 Å². The molecule has 0 saturated heterocycles. The van der Waals surface area contributed by atoms with Crippen molar-refractivity contribution in [3.63, 3.8) is 0 Å². The lowest BCUT2D eigenvalue weighted by molar-refractivity contribution is 0.669. The third-order valence-corrected chi connectivity index (χ3v) is 9.80. The second-order valence-corrected chi connectivity index (χ2v) is 12.5. The lowest BCUT2D eigenvalue weighted by Gasteiger charge is -2.29. The zero-order valence-corrected chi connectivity index (χ0v) is 26.1. The Labute approximate surface area is 277 Å². The average molecular weight is 612 g/mol. The van der Waals surface area contributed by atoms with Crippen LogP contribution in [0.5, 0.6) is 0 Å². The standard InChI is InChI=1S/C46H29NO/c1-2-12-30(13-3-1)35-16-10-11-21-41(35)47(34-25-26-40-44(29-34)48-43-27-24-32-15-5-7-18-37(32)46(40)43)42-28-33-23-22-31-14-4-6-17-36(31)45(33)39-20-9-8-19-38(39)42/h1-29H. The Hall–Kier alpha value is -6.38. The Balaban J connectivity index is 1.30. The fourth-order valence-corrected chi connectivity index (χ4v) is 7.66. The van der Waals surface area contributed by atoms with Crippen LogP contribution in [0.1, 0.15) is 0 Å². The summed E-state index contributed by atoms with van der Waals surface area (Å²) in [5.74, 6) is 0. The quantitative estimate of drug-likeness (QED) is 0.184. The summed E-state index contributed by atoms with van der Waals surface area (Å²) in [7, 11) is 0. The highest BCUT2D eigenvalue weighted by atomic mass is 16.3. The van der Waals surface area contributed by atoms with Crippen LogP contribution < -0.4 is 4.90 Å². The Kier molecular flexibility index (Phi) is 5.91. The van der Waals surface area contributed by atoms with Gasteiger partial charge in [-0.2, -0.15) is 0 Å². The number of para-hydroxylation sites is 1. The minimum absolute atomic E-state index is 0.872. The minimum Gasteiger partial charge on any atom is -0.456 e. The molecule has 0 fully saturated rings. The van der Waals surface area contributed by atoms with Crippen molar-refractivity contribution in [3.05, 3.63) is 176 Å². The molecule has 0 aliphatic heterocycles.